The first kappa shape index (κ1) is 16.3. The summed E-state index contributed by atoms with van der Waals surface area (Å²) in [5, 5.41) is 0. The molecule has 0 unspecified atom stereocenters. The molecule has 20 heavy (non-hydrogen) atoms. The first-order valence-corrected chi connectivity index (χ1v) is 7.18. The van der Waals surface area contributed by atoms with Gasteiger partial charge in [-0.15, -0.1) is 5.73 Å². The molecule has 0 amide bonds. The van der Waals surface area contributed by atoms with Crippen LogP contribution in [-0.2, 0) is 4.74 Å². The summed E-state index contributed by atoms with van der Waals surface area (Å²) in [7, 11) is 0. The monoisotopic (exact) mass is 271 g/mol. The van der Waals surface area contributed by atoms with Gasteiger partial charge < -0.3 is 4.74 Å². The van der Waals surface area contributed by atoms with Gasteiger partial charge in [0.1, 0.15) is 0 Å². The van der Waals surface area contributed by atoms with Crippen molar-refractivity contribution in [2.75, 3.05) is 6.61 Å². The summed E-state index contributed by atoms with van der Waals surface area (Å²) in [6, 6.07) is 5.41. The maximum atomic E-state index is 11.9. The molecule has 1 radical (unpaired) electrons. The molecule has 0 saturated carbocycles. The zero-order chi connectivity index (χ0) is 14.8. The van der Waals surface area contributed by atoms with Gasteiger partial charge in [-0.25, -0.2) is 4.79 Å². The van der Waals surface area contributed by atoms with Crippen LogP contribution in [-0.4, -0.2) is 12.6 Å². The van der Waals surface area contributed by atoms with Gasteiger partial charge in [0.2, 0.25) is 0 Å². The quantitative estimate of drug-likeness (QED) is 0.386. The van der Waals surface area contributed by atoms with Crippen LogP contribution in [0.4, 0.5) is 0 Å². The Bertz CT molecular complexity index is 482. The van der Waals surface area contributed by atoms with Crippen molar-refractivity contribution in [1.29, 1.82) is 0 Å². The molecule has 0 aliphatic heterocycles. The molecule has 107 valence electrons. The molecular weight excluding hydrogens is 248 g/mol. The third kappa shape index (κ3) is 5.46. The highest BCUT2D eigenvalue weighted by molar-refractivity contribution is 5.91. The summed E-state index contributed by atoms with van der Waals surface area (Å²) in [4.78, 5) is 11.9. The average molecular weight is 271 g/mol. The second-order valence-electron chi connectivity index (χ2n) is 4.82. The van der Waals surface area contributed by atoms with Crippen LogP contribution in [0.1, 0.15) is 60.5 Å². The van der Waals surface area contributed by atoms with E-state index in [2.05, 4.69) is 26.2 Å². The maximum absolute atomic E-state index is 11.9. The molecule has 0 N–H and O–H groups in total. The van der Waals surface area contributed by atoms with E-state index in [1.807, 2.05) is 12.1 Å². The molecule has 0 saturated heterocycles. The zero-order valence-corrected chi connectivity index (χ0v) is 12.3. The fourth-order valence-electron chi connectivity index (χ4n) is 1.97. The number of unbranched alkanes of at least 4 members (excludes halogenated alkanes) is 4. The Kier molecular flexibility index (Phi) is 7.46. The number of carbonyl (C=O) groups excluding carboxylic acids is 1. The molecule has 0 aromatic heterocycles. The summed E-state index contributed by atoms with van der Waals surface area (Å²) in [6.07, 6.45) is 7.46. The molecule has 2 heteroatoms. The highest BCUT2D eigenvalue weighted by Gasteiger charge is 2.10. The molecule has 0 aliphatic rings. The minimum absolute atomic E-state index is 0.292. The summed E-state index contributed by atoms with van der Waals surface area (Å²) < 4.78 is 5.27. The molecule has 1 aromatic rings. The van der Waals surface area contributed by atoms with Gasteiger partial charge >= 0.3 is 5.97 Å². The number of esters is 1. The van der Waals surface area contributed by atoms with E-state index in [-0.39, 0.29) is 5.97 Å². The Labute approximate surface area is 122 Å². The SMILES string of the molecule is [CH2]c1cc(C=C=C)ccc1C(=O)OCCCCCCC. The Morgan fingerprint density at radius 2 is 2.05 bits per heavy atom. The third-order valence-electron chi connectivity index (χ3n) is 3.10. The second kappa shape index (κ2) is 9.17. The fourth-order valence-corrected chi connectivity index (χ4v) is 1.97. The van der Waals surface area contributed by atoms with Gasteiger partial charge in [0.15, 0.2) is 0 Å². The predicted octanol–water partition coefficient (Wildman–Crippen LogP) is 4.79. The van der Waals surface area contributed by atoms with Crippen LogP contribution >= 0.6 is 0 Å². The Morgan fingerprint density at radius 3 is 2.70 bits per heavy atom. The summed E-state index contributed by atoms with van der Waals surface area (Å²) in [5.41, 5.74) is 4.83. The van der Waals surface area contributed by atoms with Crippen LogP contribution in [0.25, 0.3) is 6.08 Å². The minimum atomic E-state index is -0.292. The van der Waals surface area contributed by atoms with E-state index in [1.165, 1.54) is 19.3 Å². The molecule has 1 rings (SSSR count). The van der Waals surface area contributed by atoms with E-state index in [4.69, 9.17) is 4.74 Å². The summed E-state index contributed by atoms with van der Waals surface area (Å²) in [6.45, 7) is 10.1. The molecule has 2 nitrogen and oxygen atoms in total. The molecular formula is C18H23O2. The lowest BCUT2D eigenvalue weighted by Crippen LogP contribution is -2.08. The van der Waals surface area contributed by atoms with Crippen LogP contribution in [0.5, 0.6) is 0 Å². The van der Waals surface area contributed by atoms with Crippen LogP contribution in [0.15, 0.2) is 30.5 Å². The highest BCUT2D eigenvalue weighted by Crippen LogP contribution is 2.14. The smallest absolute Gasteiger partial charge is 0.338 e. The van der Waals surface area contributed by atoms with E-state index >= 15 is 0 Å². The van der Waals surface area contributed by atoms with E-state index < -0.39 is 0 Å². The van der Waals surface area contributed by atoms with Crippen molar-refractivity contribution in [3.8, 4) is 0 Å². The van der Waals surface area contributed by atoms with E-state index in [0.29, 0.717) is 17.7 Å². The van der Waals surface area contributed by atoms with Crippen molar-refractivity contribution in [1.82, 2.24) is 0 Å². The van der Waals surface area contributed by atoms with Gasteiger partial charge in [-0.05, 0) is 36.6 Å². The number of benzene rings is 1. The van der Waals surface area contributed by atoms with Crippen LogP contribution in [0.3, 0.4) is 0 Å². The lowest BCUT2D eigenvalue weighted by molar-refractivity contribution is 0.0497. The average Bonchev–Trinajstić information content (AvgIpc) is 2.43. The van der Waals surface area contributed by atoms with E-state index in [0.717, 1.165) is 18.4 Å². The van der Waals surface area contributed by atoms with Crippen molar-refractivity contribution >= 4 is 12.0 Å². The first-order chi connectivity index (χ1) is 9.69. The number of ether oxygens (including phenoxy) is 1. The number of hydrogen-bond acceptors (Lipinski definition) is 2. The predicted molar refractivity (Wildman–Crippen MR) is 83.5 cm³/mol. The van der Waals surface area contributed by atoms with Crippen LogP contribution < -0.4 is 0 Å². The summed E-state index contributed by atoms with van der Waals surface area (Å²) in [5.74, 6) is -0.292. The minimum Gasteiger partial charge on any atom is -0.462 e. The lowest BCUT2D eigenvalue weighted by atomic mass is 10.1. The molecule has 0 heterocycles. The molecule has 0 spiro atoms. The molecule has 0 fully saturated rings. The van der Waals surface area contributed by atoms with Gasteiger partial charge in [0, 0.05) is 0 Å². The zero-order valence-electron chi connectivity index (χ0n) is 12.3. The van der Waals surface area contributed by atoms with Crippen LogP contribution in [0, 0.1) is 6.92 Å². The number of hydrogen-bond donors (Lipinski definition) is 0. The Morgan fingerprint density at radius 1 is 1.30 bits per heavy atom. The van der Waals surface area contributed by atoms with Gasteiger partial charge in [-0.1, -0.05) is 51.3 Å². The van der Waals surface area contributed by atoms with Gasteiger partial charge in [0.05, 0.1) is 12.2 Å². The largest absolute Gasteiger partial charge is 0.462 e. The highest BCUT2D eigenvalue weighted by atomic mass is 16.5. The molecule has 0 atom stereocenters. The topological polar surface area (TPSA) is 26.3 Å². The van der Waals surface area contributed by atoms with Crippen molar-refractivity contribution in [3.63, 3.8) is 0 Å². The number of carbonyl (C=O) groups is 1. The van der Waals surface area contributed by atoms with Crippen molar-refractivity contribution in [3.05, 3.63) is 54.1 Å². The van der Waals surface area contributed by atoms with E-state index in [1.54, 1.807) is 12.1 Å². The fraction of sp³-hybridized carbons (Fsp3) is 0.389. The molecule has 0 aliphatic carbocycles. The van der Waals surface area contributed by atoms with Crippen molar-refractivity contribution in [2.45, 2.75) is 39.0 Å². The maximum Gasteiger partial charge on any atom is 0.338 e. The van der Waals surface area contributed by atoms with Gasteiger partial charge in [-0.3, -0.25) is 0 Å². The standard InChI is InChI=1S/C18H23O2/c1-4-6-7-8-9-13-20-18(19)17-12-11-16(10-5-2)14-15(17)3/h10-12,14H,2-4,6-9,13H2,1H3. The Balaban J connectivity index is 2.45. The molecule has 0 bridgehead atoms. The lowest BCUT2D eigenvalue weighted by Gasteiger charge is -2.07. The van der Waals surface area contributed by atoms with Crippen molar-refractivity contribution < 1.29 is 9.53 Å². The van der Waals surface area contributed by atoms with Crippen molar-refractivity contribution in [2.24, 2.45) is 0 Å². The van der Waals surface area contributed by atoms with E-state index in [9.17, 15) is 4.79 Å². The second-order valence-corrected chi connectivity index (χ2v) is 4.82. The van der Waals surface area contributed by atoms with Crippen LogP contribution in [0.2, 0.25) is 0 Å². The van der Waals surface area contributed by atoms with Gasteiger partial charge in [0.25, 0.3) is 0 Å². The summed E-state index contributed by atoms with van der Waals surface area (Å²) >= 11 is 0. The molecule has 1 aromatic carbocycles. The number of rotatable bonds is 8. The third-order valence-corrected chi connectivity index (χ3v) is 3.10. The first-order valence-electron chi connectivity index (χ1n) is 7.18. The van der Waals surface area contributed by atoms with Gasteiger partial charge in [-0.2, -0.15) is 0 Å². The Hall–Kier alpha value is -1.79. The normalized spacial score (nSPS) is 9.90.